The van der Waals surface area contributed by atoms with Gasteiger partial charge in [-0.25, -0.2) is 4.79 Å². The molecule has 2 aromatic rings. The molecule has 18 heavy (non-hydrogen) atoms. The van der Waals surface area contributed by atoms with Crippen LogP contribution in [0.5, 0.6) is 0 Å². The number of nitrogens with zero attached hydrogens (tertiary/aromatic N) is 1. The number of aromatic carboxylic acids is 1. The molecule has 0 saturated carbocycles. The number of carboxylic acids is 1. The van der Waals surface area contributed by atoms with Crippen LogP contribution in [-0.2, 0) is 13.0 Å². The predicted molar refractivity (Wildman–Crippen MR) is 70.4 cm³/mol. The quantitative estimate of drug-likeness (QED) is 0.919. The van der Waals surface area contributed by atoms with E-state index in [4.69, 9.17) is 5.11 Å². The number of aromatic nitrogens is 1. The Balaban J connectivity index is 2.24. The summed E-state index contributed by atoms with van der Waals surface area (Å²) in [6.07, 6.45) is 2.25. The maximum Gasteiger partial charge on any atom is 0.341 e. The van der Waals surface area contributed by atoms with Crippen LogP contribution in [0.15, 0.2) is 33.9 Å². The molecule has 0 fully saturated rings. The first-order chi connectivity index (χ1) is 8.58. The molecule has 0 spiro atoms. The Labute approximate surface area is 108 Å². The van der Waals surface area contributed by atoms with Crippen molar-refractivity contribution < 1.29 is 9.90 Å². The summed E-state index contributed by atoms with van der Waals surface area (Å²) in [5.74, 6) is -1.18. The largest absolute Gasteiger partial charge is 0.477 e. The van der Waals surface area contributed by atoms with Crippen molar-refractivity contribution in [1.82, 2.24) is 4.57 Å². The first-order valence-electron chi connectivity index (χ1n) is 5.53. The van der Waals surface area contributed by atoms with E-state index >= 15 is 0 Å². The first-order valence-corrected chi connectivity index (χ1v) is 6.47. The Morgan fingerprint density at radius 2 is 2.28 bits per heavy atom. The van der Waals surface area contributed by atoms with E-state index in [1.807, 2.05) is 16.0 Å². The highest BCUT2D eigenvalue weighted by molar-refractivity contribution is 7.07. The van der Waals surface area contributed by atoms with Crippen molar-refractivity contribution >= 4 is 17.3 Å². The number of pyridine rings is 1. The summed E-state index contributed by atoms with van der Waals surface area (Å²) in [6, 6.07) is 3.41. The molecule has 0 atom stereocenters. The molecule has 2 aromatic heterocycles. The van der Waals surface area contributed by atoms with Crippen LogP contribution in [0.4, 0.5) is 0 Å². The minimum Gasteiger partial charge on any atom is -0.477 e. The molecule has 4 nitrogen and oxygen atoms in total. The fourth-order valence-electron chi connectivity index (χ4n) is 1.76. The van der Waals surface area contributed by atoms with E-state index < -0.39 is 11.4 Å². The minimum absolute atomic E-state index is 0.175. The lowest BCUT2D eigenvalue weighted by atomic mass is 10.2. The topological polar surface area (TPSA) is 59.3 Å². The Morgan fingerprint density at radius 1 is 1.50 bits per heavy atom. The molecule has 0 radical (unpaired) electrons. The van der Waals surface area contributed by atoms with Gasteiger partial charge >= 0.3 is 5.97 Å². The summed E-state index contributed by atoms with van der Waals surface area (Å²) >= 11 is 1.64. The van der Waals surface area contributed by atoms with Crippen molar-refractivity contribution in [2.45, 2.75) is 19.9 Å². The Kier molecular flexibility index (Phi) is 3.62. The van der Waals surface area contributed by atoms with Gasteiger partial charge in [0.2, 0.25) is 0 Å². The van der Waals surface area contributed by atoms with Gasteiger partial charge in [0.15, 0.2) is 5.43 Å². The molecule has 94 valence electrons. The minimum atomic E-state index is -1.18. The first kappa shape index (κ1) is 12.6. The van der Waals surface area contributed by atoms with Gasteiger partial charge in [-0.2, -0.15) is 11.3 Å². The average Bonchev–Trinajstić information content (AvgIpc) is 2.80. The van der Waals surface area contributed by atoms with Gasteiger partial charge in [0.1, 0.15) is 5.56 Å². The van der Waals surface area contributed by atoms with Crippen LogP contribution in [0, 0.1) is 6.92 Å². The zero-order valence-corrected chi connectivity index (χ0v) is 10.7. The number of rotatable bonds is 4. The lowest BCUT2D eigenvalue weighted by molar-refractivity contribution is 0.0694. The summed E-state index contributed by atoms with van der Waals surface area (Å²) in [6.45, 7) is 2.48. The van der Waals surface area contributed by atoms with E-state index in [2.05, 4.69) is 5.38 Å². The van der Waals surface area contributed by atoms with E-state index in [0.717, 1.165) is 12.1 Å². The fourth-order valence-corrected chi connectivity index (χ4v) is 2.46. The molecule has 0 unspecified atom stereocenters. The SMILES string of the molecule is Cc1cc(=O)c(C(=O)O)cn1CCc1ccsc1. The molecule has 0 aromatic carbocycles. The standard InChI is InChI=1S/C13H13NO3S/c1-9-6-12(15)11(13(16)17)7-14(9)4-2-10-3-5-18-8-10/h3,5-8H,2,4H2,1H3,(H,16,17). The molecule has 0 saturated heterocycles. The summed E-state index contributed by atoms with van der Waals surface area (Å²) in [4.78, 5) is 22.4. The van der Waals surface area contributed by atoms with Gasteiger partial charge in [-0.15, -0.1) is 0 Å². The maximum atomic E-state index is 11.5. The summed E-state index contributed by atoms with van der Waals surface area (Å²) in [5.41, 5.74) is 1.38. The van der Waals surface area contributed by atoms with E-state index in [0.29, 0.717) is 6.54 Å². The van der Waals surface area contributed by atoms with Crippen LogP contribution in [0.25, 0.3) is 0 Å². The van der Waals surface area contributed by atoms with Crippen molar-refractivity contribution in [2.75, 3.05) is 0 Å². The molecule has 0 aliphatic rings. The predicted octanol–water partition coefficient (Wildman–Crippen LogP) is 2.16. The summed E-state index contributed by atoms with van der Waals surface area (Å²) in [5, 5.41) is 13.0. The second-order valence-corrected chi connectivity index (χ2v) is 4.85. The summed E-state index contributed by atoms with van der Waals surface area (Å²) in [7, 11) is 0. The average molecular weight is 263 g/mol. The molecule has 0 amide bonds. The Hall–Kier alpha value is -1.88. The monoisotopic (exact) mass is 263 g/mol. The van der Waals surface area contributed by atoms with Crippen LogP contribution in [-0.4, -0.2) is 15.6 Å². The van der Waals surface area contributed by atoms with E-state index in [-0.39, 0.29) is 5.56 Å². The van der Waals surface area contributed by atoms with Crippen LogP contribution < -0.4 is 5.43 Å². The molecule has 1 N–H and O–H groups in total. The third-order valence-corrected chi connectivity index (χ3v) is 3.53. The third-order valence-electron chi connectivity index (χ3n) is 2.80. The van der Waals surface area contributed by atoms with Crippen molar-refractivity contribution in [3.05, 3.63) is 56.1 Å². The molecule has 0 aliphatic heterocycles. The highest BCUT2D eigenvalue weighted by atomic mass is 32.1. The Bertz CT molecular complexity index is 614. The highest BCUT2D eigenvalue weighted by Crippen LogP contribution is 2.09. The van der Waals surface area contributed by atoms with Gasteiger partial charge in [-0.1, -0.05) is 0 Å². The molecule has 0 bridgehead atoms. The molecular formula is C13H13NO3S. The summed E-state index contributed by atoms with van der Waals surface area (Å²) < 4.78 is 1.81. The molecule has 2 rings (SSSR count). The number of carbonyl (C=O) groups is 1. The Morgan fingerprint density at radius 3 is 2.89 bits per heavy atom. The highest BCUT2D eigenvalue weighted by Gasteiger charge is 2.10. The van der Waals surface area contributed by atoms with E-state index in [9.17, 15) is 9.59 Å². The molecule has 5 heteroatoms. The van der Waals surface area contributed by atoms with Gasteiger partial charge in [-0.3, -0.25) is 4.79 Å². The van der Waals surface area contributed by atoms with E-state index in [1.54, 1.807) is 18.3 Å². The van der Waals surface area contributed by atoms with Gasteiger partial charge in [0.25, 0.3) is 0 Å². The van der Waals surface area contributed by atoms with Crippen LogP contribution >= 0.6 is 11.3 Å². The molecular weight excluding hydrogens is 250 g/mol. The number of thiophene rings is 1. The van der Waals surface area contributed by atoms with Crippen molar-refractivity contribution in [3.8, 4) is 0 Å². The van der Waals surface area contributed by atoms with Crippen molar-refractivity contribution in [2.24, 2.45) is 0 Å². The zero-order valence-electron chi connectivity index (χ0n) is 9.92. The third kappa shape index (κ3) is 2.68. The smallest absolute Gasteiger partial charge is 0.341 e. The number of hydrogen-bond donors (Lipinski definition) is 1. The van der Waals surface area contributed by atoms with Crippen molar-refractivity contribution in [3.63, 3.8) is 0 Å². The molecule has 2 heterocycles. The lowest BCUT2D eigenvalue weighted by Gasteiger charge is -2.10. The maximum absolute atomic E-state index is 11.5. The molecule has 0 aliphatic carbocycles. The van der Waals surface area contributed by atoms with Crippen LogP contribution in [0.2, 0.25) is 0 Å². The number of hydrogen-bond acceptors (Lipinski definition) is 3. The normalized spacial score (nSPS) is 10.5. The zero-order chi connectivity index (χ0) is 13.1. The van der Waals surface area contributed by atoms with Gasteiger partial charge in [0.05, 0.1) is 0 Å². The number of aryl methyl sites for hydroxylation is 3. The van der Waals surface area contributed by atoms with Crippen LogP contribution in [0.3, 0.4) is 0 Å². The van der Waals surface area contributed by atoms with Crippen LogP contribution in [0.1, 0.15) is 21.6 Å². The van der Waals surface area contributed by atoms with Gasteiger partial charge in [0, 0.05) is 24.5 Å². The van der Waals surface area contributed by atoms with Gasteiger partial charge < -0.3 is 9.67 Å². The van der Waals surface area contributed by atoms with Gasteiger partial charge in [-0.05, 0) is 35.7 Å². The second kappa shape index (κ2) is 5.18. The lowest BCUT2D eigenvalue weighted by Crippen LogP contribution is -2.19. The van der Waals surface area contributed by atoms with E-state index in [1.165, 1.54) is 17.8 Å². The number of carboxylic acid groups (broad SMARTS) is 1. The van der Waals surface area contributed by atoms with Crippen molar-refractivity contribution in [1.29, 1.82) is 0 Å². The second-order valence-electron chi connectivity index (χ2n) is 4.07. The fraction of sp³-hybridized carbons (Fsp3) is 0.231.